The van der Waals surface area contributed by atoms with Crippen molar-refractivity contribution < 1.29 is 8.42 Å². The van der Waals surface area contributed by atoms with E-state index >= 15 is 0 Å². The smallest absolute Gasteiger partial charge is 0.238 e. The molecule has 2 N–H and O–H groups in total. The highest BCUT2D eigenvalue weighted by molar-refractivity contribution is 7.89. The van der Waals surface area contributed by atoms with Crippen LogP contribution in [-0.2, 0) is 10.0 Å². The minimum absolute atomic E-state index is 0.0742. The molecular formula is C20H18Cl2N2O2S. The predicted molar refractivity (Wildman–Crippen MR) is 113 cm³/mol. The van der Waals surface area contributed by atoms with E-state index < -0.39 is 10.0 Å². The molecule has 4 nitrogen and oxygen atoms in total. The molecule has 0 unspecified atom stereocenters. The summed E-state index contributed by atoms with van der Waals surface area (Å²) in [4.78, 5) is 1.94. The number of nitrogens with zero attached hydrogens (tertiary/aromatic N) is 1. The monoisotopic (exact) mass is 420 g/mol. The van der Waals surface area contributed by atoms with Gasteiger partial charge in [-0.25, -0.2) is 13.6 Å². The third-order valence-electron chi connectivity index (χ3n) is 4.20. The van der Waals surface area contributed by atoms with E-state index in [2.05, 4.69) is 0 Å². The molecule has 7 heteroatoms. The maximum Gasteiger partial charge on any atom is 0.238 e. The maximum atomic E-state index is 11.5. The molecule has 0 saturated heterocycles. The van der Waals surface area contributed by atoms with Crippen molar-refractivity contribution in [3.8, 4) is 22.3 Å². The molecule has 0 radical (unpaired) electrons. The van der Waals surface area contributed by atoms with Crippen LogP contribution in [0.25, 0.3) is 22.3 Å². The first-order valence-corrected chi connectivity index (χ1v) is 10.4. The minimum atomic E-state index is -3.73. The van der Waals surface area contributed by atoms with E-state index in [1.165, 1.54) is 12.1 Å². The van der Waals surface area contributed by atoms with E-state index in [-0.39, 0.29) is 4.90 Å². The number of halogens is 2. The van der Waals surface area contributed by atoms with E-state index in [9.17, 15) is 8.42 Å². The van der Waals surface area contributed by atoms with Crippen LogP contribution in [0.1, 0.15) is 0 Å². The lowest BCUT2D eigenvalue weighted by Crippen LogP contribution is -2.11. The second-order valence-electron chi connectivity index (χ2n) is 6.30. The van der Waals surface area contributed by atoms with Gasteiger partial charge in [0.15, 0.2) is 0 Å². The average molecular weight is 421 g/mol. The molecule has 0 aliphatic carbocycles. The Morgan fingerprint density at radius 1 is 0.815 bits per heavy atom. The Bertz CT molecular complexity index is 1070. The molecule has 3 aromatic carbocycles. The fourth-order valence-corrected chi connectivity index (χ4v) is 4.30. The summed E-state index contributed by atoms with van der Waals surface area (Å²) in [6, 6.07) is 18.0. The van der Waals surface area contributed by atoms with Gasteiger partial charge in [-0.05, 0) is 46.5 Å². The lowest BCUT2D eigenvalue weighted by atomic mass is 9.94. The molecule has 0 spiro atoms. The lowest BCUT2D eigenvalue weighted by Gasteiger charge is -2.18. The summed E-state index contributed by atoms with van der Waals surface area (Å²) in [7, 11) is 0.0376. The second kappa shape index (κ2) is 7.52. The molecular weight excluding hydrogens is 403 g/mol. The van der Waals surface area contributed by atoms with Crippen molar-refractivity contribution in [3.05, 3.63) is 70.7 Å². The number of rotatable bonds is 4. The third-order valence-corrected chi connectivity index (χ3v) is 5.70. The maximum absolute atomic E-state index is 11.5. The number of sulfonamides is 1. The van der Waals surface area contributed by atoms with Crippen molar-refractivity contribution in [2.75, 3.05) is 19.0 Å². The molecule has 0 heterocycles. The topological polar surface area (TPSA) is 63.4 Å². The number of hydrogen-bond acceptors (Lipinski definition) is 3. The summed E-state index contributed by atoms with van der Waals surface area (Å²) in [5.74, 6) is 0. The molecule has 0 amide bonds. The normalized spacial score (nSPS) is 11.4. The van der Waals surface area contributed by atoms with Gasteiger partial charge in [-0.1, -0.05) is 59.6 Å². The van der Waals surface area contributed by atoms with Crippen molar-refractivity contribution in [3.63, 3.8) is 0 Å². The van der Waals surface area contributed by atoms with Crippen LogP contribution in [0.3, 0.4) is 0 Å². The molecule has 0 fully saturated rings. The van der Waals surface area contributed by atoms with Crippen molar-refractivity contribution in [1.82, 2.24) is 0 Å². The Kier molecular flexibility index (Phi) is 5.49. The van der Waals surface area contributed by atoms with Crippen LogP contribution in [0.15, 0.2) is 65.6 Å². The first-order chi connectivity index (χ1) is 12.7. The zero-order chi connectivity index (χ0) is 19.8. The molecule has 0 aromatic heterocycles. The number of benzene rings is 3. The van der Waals surface area contributed by atoms with E-state index in [1.807, 2.05) is 55.4 Å². The summed E-state index contributed by atoms with van der Waals surface area (Å²) in [5.41, 5.74) is 4.37. The lowest BCUT2D eigenvalue weighted by molar-refractivity contribution is 0.598. The van der Waals surface area contributed by atoms with Gasteiger partial charge in [0.25, 0.3) is 0 Å². The van der Waals surface area contributed by atoms with Gasteiger partial charge in [0, 0.05) is 14.1 Å². The Labute approximate surface area is 169 Å². The highest BCUT2D eigenvalue weighted by atomic mass is 35.5. The fourth-order valence-electron chi connectivity index (χ4n) is 2.96. The molecule has 0 bridgehead atoms. The van der Waals surface area contributed by atoms with Gasteiger partial charge < -0.3 is 4.90 Å². The van der Waals surface area contributed by atoms with E-state index in [0.29, 0.717) is 10.0 Å². The number of nitrogens with two attached hydrogens (primary N) is 1. The highest BCUT2D eigenvalue weighted by Gasteiger charge is 2.14. The van der Waals surface area contributed by atoms with Gasteiger partial charge in [0.05, 0.1) is 20.6 Å². The molecule has 0 saturated carbocycles. The van der Waals surface area contributed by atoms with Crippen molar-refractivity contribution in [2.45, 2.75) is 4.90 Å². The van der Waals surface area contributed by atoms with Gasteiger partial charge in [-0.15, -0.1) is 0 Å². The summed E-state index contributed by atoms with van der Waals surface area (Å²) < 4.78 is 23.0. The molecule has 0 aliphatic heterocycles. The van der Waals surface area contributed by atoms with Crippen molar-refractivity contribution in [1.29, 1.82) is 0 Å². The van der Waals surface area contributed by atoms with Crippen LogP contribution in [0, 0.1) is 0 Å². The van der Waals surface area contributed by atoms with Crippen LogP contribution in [-0.4, -0.2) is 22.5 Å². The highest BCUT2D eigenvalue weighted by Crippen LogP contribution is 2.40. The molecule has 0 atom stereocenters. The Morgan fingerprint density at radius 3 is 1.74 bits per heavy atom. The van der Waals surface area contributed by atoms with Crippen LogP contribution < -0.4 is 10.0 Å². The van der Waals surface area contributed by atoms with Gasteiger partial charge in [0.2, 0.25) is 10.0 Å². The SMILES string of the molecule is CN(C)c1c(Cl)cc(-c2ccccc2-c2ccc(S(N)(=O)=O)cc2)cc1Cl. The second-order valence-corrected chi connectivity index (χ2v) is 8.67. The average Bonchev–Trinajstić information content (AvgIpc) is 2.60. The third kappa shape index (κ3) is 4.12. The van der Waals surface area contributed by atoms with Gasteiger partial charge in [-0.2, -0.15) is 0 Å². The Morgan fingerprint density at radius 2 is 1.30 bits per heavy atom. The minimum Gasteiger partial charge on any atom is -0.375 e. The van der Waals surface area contributed by atoms with E-state index in [1.54, 1.807) is 12.1 Å². The van der Waals surface area contributed by atoms with Gasteiger partial charge in [-0.3, -0.25) is 0 Å². The summed E-state index contributed by atoms with van der Waals surface area (Å²) in [6.45, 7) is 0. The van der Waals surface area contributed by atoms with Gasteiger partial charge in [0.1, 0.15) is 0 Å². The van der Waals surface area contributed by atoms with E-state index in [4.69, 9.17) is 28.3 Å². The zero-order valence-corrected chi connectivity index (χ0v) is 17.1. The molecule has 3 rings (SSSR count). The van der Waals surface area contributed by atoms with Crippen molar-refractivity contribution >= 4 is 38.9 Å². The number of hydrogen-bond donors (Lipinski definition) is 1. The van der Waals surface area contributed by atoms with Crippen LogP contribution in [0.5, 0.6) is 0 Å². The van der Waals surface area contributed by atoms with Crippen LogP contribution in [0.2, 0.25) is 10.0 Å². The molecule has 3 aromatic rings. The first kappa shape index (κ1) is 19.7. The van der Waals surface area contributed by atoms with E-state index in [0.717, 1.165) is 27.9 Å². The van der Waals surface area contributed by atoms with Crippen LogP contribution in [0.4, 0.5) is 5.69 Å². The number of anilines is 1. The van der Waals surface area contributed by atoms with Crippen LogP contribution >= 0.6 is 23.2 Å². The largest absolute Gasteiger partial charge is 0.375 e. The quantitative estimate of drug-likeness (QED) is 0.642. The molecule has 140 valence electrons. The fraction of sp³-hybridized carbons (Fsp3) is 0.100. The predicted octanol–water partition coefficient (Wildman–Crippen LogP) is 5.04. The first-order valence-electron chi connectivity index (χ1n) is 8.07. The summed E-state index contributed by atoms with van der Waals surface area (Å²) in [6.07, 6.45) is 0. The van der Waals surface area contributed by atoms with Crippen molar-refractivity contribution in [2.24, 2.45) is 5.14 Å². The summed E-state index contributed by atoms with van der Waals surface area (Å²) >= 11 is 12.9. The molecule has 0 aliphatic rings. The molecule has 27 heavy (non-hydrogen) atoms. The summed E-state index contributed by atoms with van der Waals surface area (Å²) in [5, 5.41) is 6.29. The Hall–Kier alpha value is -2.05. The standard InChI is InChI=1S/C20H18Cl2N2O2S/c1-24(2)20-18(21)11-14(12-19(20)22)17-6-4-3-5-16(17)13-7-9-15(10-8-13)27(23,25)26/h3-12H,1-2H3,(H2,23,25,26). The number of primary sulfonamides is 1. The Balaban J connectivity index is 2.13. The zero-order valence-electron chi connectivity index (χ0n) is 14.8. The van der Waals surface area contributed by atoms with Gasteiger partial charge >= 0.3 is 0 Å².